The number of likely N-dealkylation sites (N-methyl/N-ethyl adjacent to an activating group) is 1. The maximum atomic E-state index is 13.7. The molecule has 0 unspecified atom stereocenters. The van der Waals surface area contributed by atoms with Gasteiger partial charge in [0.2, 0.25) is 0 Å². The minimum Gasteiger partial charge on any atom is -0.485 e. The molecule has 1 aliphatic carbocycles. The van der Waals surface area contributed by atoms with E-state index in [1.807, 2.05) is 25.1 Å². The maximum absolute atomic E-state index is 13.7. The fraction of sp³-hybridized carbons (Fsp3) is 0.500. The molecule has 2 aromatic rings. The zero-order chi connectivity index (χ0) is 28.6. The first-order valence-electron chi connectivity index (χ1n) is 14.1. The van der Waals surface area contributed by atoms with E-state index in [-0.39, 0.29) is 48.4 Å². The average Bonchev–Trinajstić information content (AvgIpc) is 2.95. The normalized spacial score (nSPS) is 20.3. The molecule has 0 spiro atoms. The van der Waals surface area contributed by atoms with E-state index in [4.69, 9.17) is 4.74 Å². The number of nitrogens with zero attached hydrogens (tertiary/aromatic N) is 2. The lowest BCUT2D eigenvalue weighted by atomic mass is 9.96. The van der Waals surface area contributed by atoms with Gasteiger partial charge in [0.1, 0.15) is 6.10 Å². The summed E-state index contributed by atoms with van der Waals surface area (Å²) in [5.74, 6) is -0.233. The summed E-state index contributed by atoms with van der Waals surface area (Å²) in [5, 5.41) is 18.7. The highest BCUT2D eigenvalue weighted by atomic mass is 16.5. The number of ether oxygens (including phenoxy) is 1. The molecule has 0 aromatic heterocycles. The van der Waals surface area contributed by atoms with Gasteiger partial charge < -0.3 is 35.6 Å². The Bertz CT molecular complexity index is 1170. The van der Waals surface area contributed by atoms with Crippen molar-refractivity contribution < 1.29 is 24.2 Å². The van der Waals surface area contributed by atoms with Crippen molar-refractivity contribution in [1.82, 2.24) is 15.1 Å². The van der Waals surface area contributed by atoms with Gasteiger partial charge in [0.25, 0.3) is 5.91 Å². The molecule has 4 N–H and O–H groups in total. The minimum absolute atomic E-state index is 0.157. The number of rotatable bonds is 7. The number of aliphatic hydroxyl groups excluding tert-OH is 1. The van der Waals surface area contributed by atoms with E-state index >= 15 is 0 Å². The molecule has 2 aliphatic rings. The van der Waals surface area contributed by atoms with Crippen LogP contribution in [-0.2, 0) is 0 Å². The largest absolute Gasteiger partial charge is 0.485 e. The smallest absolute Gasteiger partial charge is 0.323 e. The van der Waals surface area contributed by atoms with Crippen LogP contribution in [0, 0.1) is 5.92 Å². The van der Waals surface area contributed by atoms with Crippen molar-refractivity contribution in [1.29, 1.82) is 0 Å². The van der Waals surface area contributed by atoms with Crippen molar-refractivity contribution in [3.63, 3.8) is 0 Å². The van der Waals surface area contributed by atoms with Gasteiger partial charge >= 0.3 is 12.1 Å². The van der Waals surface area contributed by atoms with Crippen LogP contribution in [0.5, 0.6) is 5.75 Å². The van der Waals surface area contributed by atoms with Crippen LogP contribution in [-0.4, -0.2) is 77.8 Å². The molecule has 10 heteroatoms. The van der Waals surface area contributed by atoms with Crippen LogP contribution in [0.25, 0.3) is 0 Å². The zero-order valence-electron chi connectivity index (χ0n) is 23.6. The van der Waals surface area contributed by atoms with E-state index in [0.717, 1.165) is 25.7 Å². The summed E-state index contributed by atoms with van der Waals surface area (Å²) in [6.45, 7) is 4.18. The van der Waals surface area contributed by atoms with Gasteiger partial charge in [-0.1, -0.05) is 50.5 Å². The lowest BCUT2D eigenvalue weighted by Crippen LogP contribution is -2.52. The number of urea groups is 2. The number of anilines is 2. The predicted molar refractivity (Wildman–Crippen MR) is 155 cm³/mol. The van der Waals surface area contributed by atoms with Gasteiger partial charge in [-0.25, -0.2) is 9.59 Å². The van der Waals surface area contributed by atoms with Crippen LogP contribution in [0.4, 0.5) is 21.0 Å². The average molecular weight is 552 g/mol. The highest BCUT2D eigenvalue weighted by molar-refractivity contribution is 6.04. The Labute approximate surface area is 236 Å². The number of carbonyl (C=O) groups excluding carboxylic acids is 3. The number of amides is 5. The summed E-state index contributed by atoms with van der Waals surface area (Å²) in [6.07, 6.45) is 4.93. The van der Waals surface area contributed by atoms with E-state index in [1.165, 1.54) is 6.42 Å². The van der Waals surface area contributed by atoms with E-state index < -0.39 is 18.2 Å². The number of para-hydroxylation sites is 2. The van der Waals surface area contributed by atoms with Crippen LogP contribution in [0.2, 0.25) is 0 Å². The van der Waals surface area contributed by atoms with Crippen molar-refractivity contribution in [2.45, 2.75) is 64.1 Å². The quantitative estimate of drug-likeness (QED) is 0.403. The van der Waals surface area contributed by atoms with Gasteiger partial charge in [0.15, 0.2) is 5.75 Å². The number of aliphatic hydroxyl groups is 1. The molecule has 1 fully saturated rings. The molecule has 10 nitrogen and oxygen atoms in total. The first-order valence-corrected chi connectivity index (χ1v) is 14.1. The van der Waals surface area contributed by atoms with Crippen molar-refractivity contribution in [2.75, 3.05) is 37.4 Å². The number of nitrogens with one attached hydrogen (secondary N) is 3. The fourth-order valence-electron chi connectivity index (χ4n) is 5.25. The van der Waals surface area contributed by atoms with Gasteiger partial charge in [0, 0.05) is 31.2 Å². The van der Waals surface area contributed by atoms with Crippen molar-refractivity contribution in [3.8, 4) is 5.75 Å². The predicted octanol–water partition coefficient (Wildman–Crippen LogP) is 4.52. The monoisotopic (exact) mass is 551 g/mol. The summed E-state index contributed by atoms with van der Waals surface area (Å²) in [4.78, 5) is 42.8. The second-order valence-electron chi connectivity index (χ2n) is 10.9. The zero-order valence-corrected chi connectivity index (χ0v) is 23.6. The van der Waals surface area contributed by atoms with E-state index in [0.29, 0.717) is 17.9 Å². The highest BCUT2D eigenvalue weighted by Gasteiger charge is 2.35. The van der Waals surface area contributed by atoms with Gasteiger partial charge in [-0.2, -0.15) is 0 Å². The van der Waals surface area contributed by atoms with Crippen LogP contribution >= 0.6 is 0 Å². The molecule has 0 radical (unpaired) electrons. The summed E-state index contributed by atoms with van der Waals surface area (Å²) in [5.41, 5.74) is 1.24. The molecule has 3 atom stereocenters. The van der Waals surface area contributed by atoms with Crippen molar-refractivity contribution >= 4 is 29.3 Å². The molecule has 1 heterocycles. The van der Waals surface area contributed by atoms with Crippen LogP contribution in [0.15, 0.2) is 48.5 Å². The van der Waals surface area contributed by atoms with Crippen LogP contribution in [0.1, 0.15) is 56.3 Å². The molecular formula is C30H41N5O5. The summed E-state index contributed by atoms with van der Waals surface area (Å²) < 4.78 is 6.50. The van der Waals surface area contributed by atoms with Crippen LogP contribution in [0.3, 0.4) is 0 Å². The summed E-state index contributed by atoms with van der Waals surface area (Å²) in [6, 6.07) is 13.2. The van der Waals surface area contributed by atoms with Gasteiger partial charge in [-0.15, -0.1) is 0 Å². The number of carbonyl (C=O) groups is 3. The standard InChI is InChI=1S/C30H41N5O5/c1-20-17-35(21(2)19-36)28(37)24-15-10-16-25(33-29(38)31-22-11-6-4-7-12-22)27(24)40-26(20)18-34(3)30(39)32-23-13-8-5-9-14-23/h4,6-7,10-12,15-16,20-21,23,26,36H,5,8-9,13-14,17-19H2,1-3H3,(H,32,39)(H2,31,33,38)/t20-,21-,26-/m1/s1. The summed E-state index contributed by atoms with van der Waals surface area (Å²) in [7, 11) is 1.74. The molecule has 4 rings (SSSR count). The second kappa shape index (κ2) is 13.5. The Morgan fingerprint density at radius 2 is 1.80 bits per heavy atom. The third-order valence-corrected chi connectivity index (χ3v) is 7.70. The fourth-order valence-corrected chi connectivity index (χ4v) is 5.25. The molecule has 5 amide bonds. The lowest BCUT2D eigenvalue weighted by Gasteiger charge is -2.38. The third kappa shape index (κ3) is 7.24. The molecule has 1 saturated carbocycles. The van der Waals surface area contributed by atoms with Gasteiger partial charge in [-0.3, -0.25) is 4.79 Å². The number of hydrogen-bond donors (Lipinski definition) is 4. The van der Waals surface area contributed by atoms with E-state index in [1.54, 1.807) is 54.1 Å². The molecule has 0 bridgehead atoms. The molecule has 0 saturated heterocycles. The second-order valence-corrected chi connectivity index (χ2v) is 10.9. The Balaban J connectivity index is 1.59. The topological polar surface area (TPSA) is 123 Å². The van der Waals surface area contributed by atoms with Gasteiger partial charge in [-0.05, 0) is 44.0 Å². The summed E-state index contributed by atoms with van der Waals surface area (Å²) >= 11 is 0. The number of benzene rings is 2. The molecule has 40 heavy (non-hydrogen) atoms. The van der Waals surface area contributed by atoms with Crippen molar-refractivity contribution in [2.24, 2.45) is 5.92 Å². The Morgan fingerprint density at radius 1 is 1.07 bits per heavy atom. The Morgan fingerprint density at radius 3 is 2.50 bits per heavy atom. The Hall–Kier alpha value is -3.79. The molecular weight excluding hydrogens is 510 g/mol. The SMILES string of the molecule is C[C@@H]1CN([C@H](C)CO)C(=O)c2cccc(NC(=O)Nc3ccccc3)c2O[C@@H]1CN(C)C(=O)NC1CCCCC1. The van der Waals surface area contributed by atoms with E-state index in [2.05, 4.69) is 16.0 Å². The molecule has 1 aliphatic heterocycles. The molecule has 216 valence electrons. The van der Waals surface area contributed by atoms with Crippen LogP contribution < -0.4 is 20.7 Å². The highest BCUT2D eigenvalue weighted by Crippen LogP contribution is 2.35. The molecule has 2 aromatic carbocycles. The Kier molecular flexibility index (Phi) is 9.87. The third-order valence-electron chi connectivity index (χ3n) is 7.70. The maximum Gasteiger partial charge on any atom is 0.323 e. The van der Waals surface area contributed by atoms with Crippen molar-refractivity contribution in [3.05, 3.63) is 54.1 Å². The lowest BCUT2D eigenvalue weighted by molar-refractivity contribution is 0.0368. The minimum atomic E-state index is -0.484. The first kappa shape index (κ1) is 29.2. The first-order chi connectivity index (χ1) is 19.3. The number of fused-ring (bicyclic) bond motifs is 1. The number of hydrogen-bond acceptors (Lipinski definition) is 5. The van der Waals surface area contributed by atoms with E-state index in [9.17, 15) is 19.5 Å². The van der Waals surface area contributed by atoms with Gasteiger partial charge in [0.05, 0.1) is 30.4 Å².